The Morgan fingerprint density at radius 1 is 1.17 bits per heavy atom. The summed E-state index contributed by atoms with van der Waals surface area (Å²) in [6.07, 6.45) is -3.20. The van der Waals surface area contributed by atoms with E-state index >= 15 is 0 Å². The summed E-state index contributed by atoms with van der Waals surface area (Å²) in [4.78, 5) is 0. The molecule has 0 aromatic carbocycles. The van der Waals surface area contributed by atoms with Crippen molar-refractivity contribution >= 4 is 0 Å². The molecule has 1 N–H and O–H groups in total. The van der Waals surface area contributed by atoms with Gasteiger partial charge in [-0.15, -0.1) is 0 Å². The standard InChI is InChI=1S/C8H9F3O/c9-8(10,11)7(12)3-1-4-5(2-3)6(4)7/h3-6,12H,1-2H2/t3?,4?,5?,6?,7-/m0/s1. The molecule has 68 valence electrons. The first-order valence-electron chi connectivity index (χ1n) is 4.25. The van der Waals surface area contributed by atoms with Crippen LogP contribution in [0, 0.1) is 23.7 Å². The van der Waals surface area contributed by atoms with Gasteiger partial charge in [0, 0.05) is 5.92 Å². The van der Waals surface area contributed by atoms with E-state index in [1.54, 1.807) is 0 Å². The molecule has 3 atom stereocenters. The fourth-order valence-corrected chi connectivity index (χ4v) is 3.55. The Balaban J connectivity index is 2.03. The minimum Gasteiger partial charge on any atom is -0.380 e. The van der Waals surface area contributed by atoms with E-state index in [9.17, 15) is 18.3 Å². The van der Waals surface area contributed by atoms with E-state index in [2.05, 4.69) is 0 Å². The van der Waals surface area contributed by atoms with Crippen LogP contribution in [0.5, 0.6) is 0 Å². The second-order valence-corrected chi connectivity index (χ2v) is 4.34. The molecule has 0 spiro atoms. The molecule has 0 aliphatic heterocycles. The number of rotatable bonds is 0. The van der Waals surface area contributed by atoms with Gasteiger partial charge in [0.2, 0.25) is 0 Å². The minimum atomic E-state index is -4.40. The zero-order chi connectivity index (χ0) is 8.72. The lowest BCUT2D eigenvalue weighted by atomic mass is 9.92. The summed E-state index contributed by atoms with van der Waals surface area (Å²) < 4.78 is 37.3. The van der Waals surface area contributed by atoms with Crippen LogP contribution in [0.4, 0.5) is 13.2 Å². The van der Waals surface area contributed by atoms with Gasteiger partial charge in [-0.1, -0.05) is 0 Å². The van der Waals surface area contributed by atoms with Crippen molar-refractivity contribution in [3.63, 3.8) is 0 Å². The van der Waals surface area contributed by atoms with Crippen molar-refractivity contribution < 1.29 is 18.3 Å². The molecule has 4 rings (SSSR count). The largest absolute Gasteiger partial charge is 0.417 e. The van der Waals surface area contributed by atoms with E-state index in [0.29, 0.717) is 12.8 Å². The van der Waals surface area contributed by atoms with Crippen LogP contribution in [0.1, 0.15) is 12.8 Å². The maximum Gasteiger partial charge on any atom is 0.417 e. The third-order valence-corrected chi connectivity index (χ3v) is 4.03. The number of aliphatic hydroxyl groups is 1. The van der Waals surface area contributed by atoms with Gasteiger partial charge in [-0.05, 0) is 30.6 Å². The second kappa shape index (κ2) is 1.54. The lowest BCUT2D eigenvalue weighted by molar-refractivity contribution is -0.274. The maximum atomic E-state index is 12.4. The first-order valence-corrected chi connectivity index (χ1v) is 4.25. The molecule has 0 aromatic heterocycles. The first-order chi connectivity index (χ1) is 5.46. The zero-order valence-corrected chi connectivity index (χ0v) is 6.30. The molecule has 1 nitrogen and oxygen atoms in total. The number of hydrogen-bond acceptors (Lipinski definition) is 1. The average Bonchev–Trinajstić information content (AvgIpc) is 2.34. The molecule has 0 aromatic rings. The van der Waals surface area contributed by atoms with E-state index in [-0.39, 0.29) is 11.8 Å². The number of alkyl halides is 3. The molecule has 4 heteroatoms. The van der Waals surface area contributed by atoms with Gasteiger partial charge in [-0.25, -0.2) is 0 Å². The second-order valence-electron chi connectivity index (χ2n) is 4.34. The molecule has 0 amide bonds. The van der Waals surface area contributed by atoms with Crippen LogP contribution in [-0.4, -0.2) is 16.9 Å². The first kappa shape index (κ1) is 7.18. The molecule has 0 heterocycles. The van der Waals surface area contributed by atoms with Crippen LogP contribution in [0.25, 0.3) is 0 Å². The smallest absolute Gasteiger partial charge is 0.380 e. The van der Waals surface area contributed by atoms with Crippen molar-refractivity contribution in [3.8, 4) is 0 Å². The van der Waals surface area contributed by atoms with Gasteiger partial charge in [-0.3, -0.25) is 0 Å². The molecule has 0 radical (unpaired) electrons. The van der Waals surface area contributed by atoms with Gasteiger partial charge in [0.15, 0.2) is 5.60 Å². The molecule has 2 unspecified atom stereocenters. The Kier molecular flexibility index (Phi) is 0.922. The predicted molar refractivity (Wildman–Crippen MR) is 34.2 cm³/mol. The molecule has 4 fully saturated rings. The lowest BCUT2D eigenvalue weighted by Gasteiger charge is -2.29. The van der Waals surface area contributed by atoms with Crippen LogP contribution in [0.15, 0.2) is 0 Å². The van der Waals surface area contributed by atoms with Crippen molar-refractivity contribution in [3.05, 3.63) is 0 Å². The Morgan fingerprint density at radius 2 is 1.67 bits per heavy atom. The van der Waals surface area contributed by atoms with Gasteiger partial charge < -0.3 is 5.11 Å². The van der Waals surface area contributed by atoms with Gasteiger partial charge in [-0.2, -0.15) is 13.2 Å². The highest BCUT2D eigenvalue weighted by atomic mass is 19.4. The highest BCUT2D eigenvalue weighted by Crippen LogP contribution is 2.77. The lowest BCUT2D eigenvalue weighted by Crippen LogP contribution is -2.48. The highest BCUT2D eigenvalue weighted by Gasteiger charge is 2.83. The summed E-state index contributed by atoms with van der Waals surface area (Å²) in [6, 6.07) is 0. The van der Waals surface area contributed by atoms with E-state index in [1.165, 1.54) is 0 Å². The fourth-order valence-electron chi connectivity index (χ4n) is 3.55. The van der Waals surface area contributed by atoms with Crippen LogP contribution in [0.3, 0.4) is 0 Å². The number of halogens is 3. The van der Waals surface area contributed by atoms with Gasteiger partial charge >= 0.3 is 6.18 Å². The number of hydrogen-bond donors (Lipinski definition) is 1. The van der Waals surface area contributed by atoms with E-state index in [4.69, 9.17) is 0 Å². The summed E-state index contributed by atoms with van der Waals surface area (Å²) in [5, 5.41) is 9.52. The van der Waals surface area contributed by atoms with Crippen molar-refractivity contribution in [2.45, 2.75) is 24.6 Å². The van der Waals surface area contributed by atoms with Crippen molar-refractivity contribution in [2.75, 3.05) is 0 Å². The van der Waals surface area contributed by atoms with Crippen LogP contribution in [-0.2, 0) is 0 Å². The van der Waals surface area contributed by atoms with Crippen LogP contribution < -0.4 is 0 Å². The summed E-state index contributed by atoms with van der Waals surface area (Å²) in [7, 11) is 0. The zero-order valence-electron chi connectivity index (χ0n) is 6.30. The summed E-state index contributed by atoms with van der Waals surface area (Å²) in [6.45, 7) is 0. The molecular weight excluding hydrogens is 169 g/mol. The van der Waals surface area contributed by atoms with Gasteiger partial charge in [0.1, 0.15) is 0 Å². The minimum absolute atomic E-state index is 0.196. The monoisotopic (exact) mass is 178 g/mol. The molecule has 12 heavy (non-hydrogen) atoms. The average molecular weight is 178 g/mol. The summed E-state index contributed by atoms with van der Waals surface area (Å²) in [5.41, 5.74) is -2.30. The molecule has 4 saturated carbocycles. The maximum absolute atomic E-state index is 12.4. The quantitative estimate of drug-likeness (QED) is 0.596. The summed E-state index contributed by atoms with van der Waals surface area (Å²) >= 11 is 0. The molecule has 0 saturated heterocycles. The third-order valence-electron chi connectivity index (χ3n) is 4.03. The predicted octanol–water partition coefficient (Wildman–Crippen LogP) is 1.57. The van der Waals surface area contributed by atoms with Gasteiger partial charge in [0.05, 0.1) is 0 Å². The van der Waals surface area contributed by atoms with E-state index in [0.717, 1.165) is 0 Å². The van der Waals surface area contributed by atoms with Crippen molar-refractivity contribution in [2.24, 2.45) is 23.7 Å². The Hall–Kier alpha value is -0.250. The molecule has 4 bridgehead atoms. The topological polar surface area (TPSA) is 20.2 Å². The Bertz CT molecular complexity index is 233. The SMILES string of the molecule is O[C@@]1(C(F)(F)F)C2CC3C(C2)C31. The normalized spacial score (nSPS) is 61.0. The Labute approximate surface area is 67.6 Å². The van der Waals surface area contributed by atoms with Crippen molar-refractivity contribution in [1.29, 1.82) is 0 Å². The molecule has 4 aliphatic rings. The van der Waals surface area contributed by atoms with E-state index in [1.807, 2.05) is 0 Å². The van der Waals surface area contributed by atoms with E-state index < -0.39 is 23.6 Å². The summed E-state index contributed by atoms with van der Waals surface area (Å²) in [5.74, 6) is -0.539. The Morgan fingerprint density at radius 3 is 1.83 bits per heavy atom. The van der Waals surface area contributed by atoms with Crippen LogP contribution in [0.2, 0.25) is 0 Å². The van der Waals surface area contributed by atoms with Crippen molar-refractivity contribution in [1.82, 2.24) is 0 Å². The third kappa shape index (κ3) is 0.497. The molecular formula is C8H9F3O. The fraction of sp³-hybridized carbons (Fsp3) is 1.00. The molecule has 4 aliphatic carbocycles. The van der Waals surface area contributed by atoms with Crippen LogP contribution >= 0.6 is 0 Å². The van der Waals surface area contributed by atoms with Gasteiger partial charge in [0.25, 0.3) is 0 Å². The highest BCUT2D eigenvalue weighted by molar-refractivity contribution is 5.26.